The quantitative estimate of drug-likeness (QED) is 0.345. The lowest BCUT2D eigenvalue weighted by Gasteiger charge is -2.25. The van der Waals surface area contributed by atoms with Crippen molar-refractivity contribution in [3.8, 4) is 0 Å². The molecule has 0 saturated carbocycles. The molecule has 2 aromatic carbocycles. The van der Waals surface area contributed by atoms with E-state index in [1.165, 1.54) is 4.80 Å². The highest BCUT2D eigenvalue weighted by molar-refractivity contribution is 5.97. The van der Waals surface area contributed by atoms with Crippen LogP contribution in [-0.4, -0.2) is 118 Å². The third kappa shape index (κ3) is 9.32. The highest BCUT2D eigenvalue weighted by Gasteiger charge is 2.42. The fourth-order valence-corrected chi connectivity index (χ4v) is 6.63. The van der Waals surface area contributed by atoms with Crippen molar-refractivity contribution in [2.45, 2.75) is 39.0 Å². The summed E-state index contributed by atoms with van der Waals surface area (Å²) < 4.78 is 37.1. The number of halogens is 3. The van der Waals surface area contributed by atoms with Gasteiger partial charge in [0.15, 0.2) is 0 Å². The Hall–Kier alpha value is -4.57. The number of likely N-dealkylation sites (tertiary alicyclic amines) is 2. The maximum Gasteiger partial charge on any atom is 0.490 e. The Balaban J connectivity index is 0.000000606. The number of aromatic nitrogens is 4. The number of carboxylic acids is 1. The summed E-state index contributed by atoms with van der Waals surface area (Å²) in [7, 11) is 0. The summed E-state index contributed by atoms with van der Waals surface area (Å²) >= 11 is 0. The summed E-state index contributed by atoms with van der Waals surface area (Å²) in [5.41, 5.74) is 4.03. The first-order valence-electron chi connectivity index (χ1n) is 16.2. The number of carbonyl (C=O) groups excluding carboxylic acids is 2. The van der Waals surface area contributed by atoms with E-state index >= 15 is 0 Å². The van der Waals surface area contributed by atoms with E-state index in [0.717, 1.165) is 61.4 Å². The predicted octanol–water partition coefficient (Wildman–Crippen LogP) is 2.71. The fraction of sp³-hybridized carbons (Fsp3) is 0.515. The van der Waals surface area contributed by atoms with Gasteiger partial charge in [-0.2, -0.15) is 18.0 Å². The molecular formula is C33H41F3N8O5. The molecule has 3 aliphatic rings. The minimum Gasteiger partial charge on any atom is -0.475 e. The van der Waals surface area contributed by atoms with Gasteiger partial charge < -0.3 is 29.9 Å². The second kappa shape index (κ2) is 15.8. The van der Waals surface area contributed by atoms with Crippen LogP contribution in [0.3, 0.4) is 0 Å². The first-order chi connectivity index (χ1) is 23.4. The maximum atomic E-state index is 13.3. The molecule has 0 aliphatic carbocycles. The van der Waals surface area contributed by atoms with Gasteiger partial charge in [-0.25, -0.2) is 4.79 Å². The molecule has 3 atom stereocenters. The molecule has 264 valence electrons. The molecule has 6 rings (SSSR count). The van der Waals surface area contributed by atoms with Gasteiger partial charge in [0.05, 0.1) is 19.3 Å². The number of anilines is 1. The van der Waals surface area contributed by atoms with E-state index in [2.05, 4.69) is 42.7 Å². The smallest absolute Gasteiger partial charge is 0.475 e. The molecule has 2 N–H and O–H groups in total. The largest absolute Gasteiger partial charge is 0.490 e. The monoisotopic (exact) mass is 686 g/mol. The van der Waals surface area contributed by atoms with E-state index in [9.17, 15) is 22.8 Å². The molecule has 3 fully saturated rings. The van der Waals surface area contributed by atoms with Crippen LogP contribution < -0.4 is 10.2 Å². The number of morpholine rings is 1. The van der Waals surface area contributed by atoms with Crippen LogP contribution in [0, 0.1) is 25.7 Å². The zero-order chi connectivity index (χ0) is 35.1. The minimum absolute atomic E-state index is 0.0127. The van der Waals surface area contributed by atoms with Crippen molar-refractivity contribution in [3.63, 3.8) is 0 Å². The number of hydrogen-bond donors (Lipinski definition) is 2. The van der Waals surface area contributed by atoms with Gasteiger partial charge in [0.25, 0.3) is 11.9 Å². The Kier molecular flexibility index (Phi) is 11.5. The number of nitrogens with one attached hydrogen (secondary N) is 1. The number of hydrogen-bond acceptors (Lipinski definition) is 9. The second-order valence-electron chi connectivity index (χ2n) is 12.6. The molecule has 0 spiro atoms. The molecule has 3 saturated heterocycles. The van der Waals surface area contributed by atoms with Gasteiger partial charge in [-0.05, 0) is 54.0 Å². The van der Waals surface area contributed by atoms with Crippen molar-refractivity contribution in [1.82, 2.24) is 35.3 Å². The number of carbonyl (C=O) groups is 3. The average molecular weight is 687 g/mol. The van der Waals surface area contributed by atoms with E-state index in [1.807, 2.05) is 55.1 Å². The minimum atomic E-state index is -5.08. The fourth-order valence-electron chi connectivity index (χ4n) is 6.63. The number of aryl methyl sites for hydroxylation is 2. The first-order valence-corrected chi connectivity index (χ1v) is 16.2. The molecule has 0 bridgehead atoms. The standard InChI is InChI=1S/C31H40N8O3.C2HF3O2/c1-22-7-6-8-23(2)29(22)30(41)38-19-25-17-36(18-26(25)20-38)12-11-27(24-9-4-3-5-10-24)32-28(40)21-39-34-31(33-35-39)37-13-15-42-16-14-37;3-2(4,5)1(6)7/h3-10,25-27H,11-21H2,1-2H3,(H,32,40);(H,6,7)/t25-,26?,27?;/m0./s1. The lowest BCUT2D eigenvalue weighted by atomic mass is 10.0. The maximum absolute atomic E-state index is 13.3. The Morgan fingerprint density at radius 3 is 2.16 bits per heavy atom. The van der Waals surface area contributed by atoms with Gasteiger partial charge >= 0.3 is 12.1 Å². The Labute approximate surface area is 282 Å². The van der Waals surface area contributed by atoms with Crippen molar-refractivity contribution in [2.24, 2.45) is 11.8 Å². The van der Waals surface area contributed by atoms with Crippen LogP contribution in [0.4, 0.5) is 19.1 Å². The van der Waals surface area contributed by atoms with Gasteiger partial charge in [-0.15, -0.1) is 5.10 Å². The Morgan fingerprint density at radius 2 is 1.57 bits per heavy atom. The van der Waals surface area contributed by atoms with E-state index in [-0.39, 0.29) is 24.4 Å². The van der Waals surface area contributed by atoms with Crippen molar-refractivity contribution in [3.05, 3.63) is 70.8 Å². The number of tetrazole rings is 1. The molecule has 3 aliphatic heterocycles. The van der Waals surface area contributed by atoms with Crippen LogP contribution in [0.2, 0.25) is 0 Å². The molecule has 13 nitrogen and oxygen atoms in total. The van der Waals surface area contributed by atoms with Gasteiger partial charge in [0.1, 0.15) is 6.54 Å². The number of amides is 2. The predicted molar refractivity (Wildman–Crippen MR) is 172 cm³/mol. The number of fused-ring (bicyclic) bond motifs is 1. The molecule has 4 heterocycles. The number of aliphatic carboxylic acids is 1. The number of nitrogens with zero attached hydrogens (tertiary/aromatic N) is 7. The van der Waals surface area contributed by atoms with E-state index in [4.69, 9.17) is 14.6 Å². The van der Waals surface area contributed by atoms with Gasteiger partial charge in [0, 0.05) is 51.4 Å². The zero-order valence-corrected chi connectivity index (χ0v) is 27.5. The van der Waals surface area contributed by atoms with E-state index in [1.54, 1.807) is 0 Å². The zero-order valence-electron chi connectivity index (χ0n) is 27.5. The molecule has 49 heavy (non-hydrogen) atoms. The molecule has 0 radical (unpaired) electrons. The Bertz CT molecular complexity index is 1560. The van der Waals surface area contributed by atoms with Crippen LogP contribution >= 0.6 is 0 Å². The van der Waals surface area contributed by atoms with E-state index in [0.29, 0.717) is 44.1 Å². The third-order valence-corrected chi connectivity index (χ3v) is 9.08. The number of rotatable bonds is 9. The highest BCUT2D eigenvalue weighted by atomic mass is 19.4. The van der Waals surface area contributed by atoms with Gasteiger partial charge in [-0.3, -0.25) is 9.59 Å². The summed E-state index contributed by atoms with van der Waals surface area (Å²) in [6, 6.07) is 16.0. The average Bonchev–Trinajstić information content (AvgIpc) is 3.79. The molecule has 1 aromatic heterocycles. The normalized spacial score (nSPS) is 19.9. The summed E-state index contributed by atoms with van der Waals surface area (Å²) in [5, 5.41) is 23.0. The molecular weight excluding hydrogens is 645 g/mol. The molecule has 16 heteroatoms. The van der Waals surface area contributed by atoms with Crippen LogP contribution in [-0.2, 0) is 20.9 Å². The summed E-state index contributed by atoms with van der Waals surface area (Å²) in [6.45, 7) is 11.2. The summed E-state index contributed by atoms with van der Waals surface area (Å²) in [4.78, 5) is 43.2. The van der Waals surface area contributed by atoms with Crippen LogP contribution in [0.1, 0.15) is 39.5 Å². The molecule has 3 aromatic rings. The summed E-state index contributed by atoms with van der Waals surface area (Å²) in [5.74, 6) is -1.23. The lowest BCUT2D eigenvalue weighted by Crippen LogP contribution is -2.37. The van der Waals surface area contributed by atoms with Crippen molar-refractivity contribution in [1.29, 1.82) is 0 Å². The number of benzene rings is 2. The Morgan fingerprint density at radius 1 is 0.959 bits per heavy atom. The van der Waals surface area contributed by atoms with Crippen molar-refractivity contribution in [2.75, 3.05) is 63.9 Å². The highest BCUT2D eigenvalue weighted by Crippen LogP contribution is 2.33. The van der Waals surface area contributed by atoms with Gasteiger partial charge in [-0.1, -0.05) is 53.6 Å². The number of alkyl halides is 3. The lowest BCUT2D eigenvalue weighted by molar-refractivity contribution is -0.192. The van der Waals surface area contributed by atoms with Gasteiger partial charge in [0.2, 0.25) is 5.91 Å². The van der Waals surface area contributed by atoms with Crippen molar-refractivity contribution >= 4 is 23.7 Å². The van der Waals surface area contributed by atoms with Crippen molar-refractivity contribution < 1.29 is 37.4 Å². The SMILES string of the molecule is Cc1cccc(C)c1C(=O)N1CC2CN(CCC(NC(=O)Cn3nnc(N4CCOCC4)n3)c3ccccc3)C[C@H]2C1.O=C(O)C(F)(F)F. The topological polar surface area (TPSA) is 146 Å². The first kappa shape index (κ1) is 35.7. The molecule has 2 amide bonds. The van der Waals surface area contributed by atoms with Crippen LogP contribution in [0.5, 0.6) is 0 Å². The van der Waals surface area contributed by atoms with E-state index < -0.39 is 12.1 Å². The van der Waals surface area contributed by atoms with Crippen LogP contribution in [0.25, 0.3) is 0 Å². The molecule has 2 unspecified atom stereocenters. The second-order valence-corrected chi connectivity index (χ2v) is 12.6. The third-order valence-electron chi connectivity index (χ3n) is 9.08. The summed E-state index contributed by atoms with van der Waals surface area (Å²) in [6.07, 6.45) is -4.29. The van der Waals surface area contributed by atoms with Crippen LogP contribution in [0.15, 0.2) is 48.5 Å². The number of ether oxygens (including phenoxy) is 1. The number of carboxylic acid groups (broad SMARTS) is 1.